The van der Waals surface area contributed by atoms with Gasteiger partial charge in [0.05, 0.1) is 17.0 Å². The number of Topliss-reactive ketones (excluding diaryl/α,β-unsaturated/α-hetero) is 1. The van der Waals surface area contributed by atoms with Gasteiger partial charge in [0.1, 0.15) is 11.5 Å². The molecule has 4 rings (SSSR count). The fourth-order valence-corrected chi connectivity index (χ4v) is 5.39. The number of benzene rings is 2. The van der Waals surface area contributed by atoms with Crippen LogP contribution in [0.4, 0.5) is 0 Å². The number of rotatable bonds is 7. The van der Waals surface area contributed by atoms with Gasteiger partial charge in [-0.3, -0.25) is 4.79 Å². The van der Waals surface area contributed by atoms with E-state index in [1.165, 1.54) is 0 Å². The molecule has 2 aromatic carbocycles. The van der Waals surface area contributed by atoms with Crippen molar-refractivity contribution in [2.24, 2.45) is 0 Å². The number of aryl methyl sites for hydroxylation is 1. The molecule has 0 unspecified atom stereocenters. The van der Waals surface area contributed by atoms with Gasteiger partial charge in [0.2, 0.25) is 0 Å². The lowest BCUT2D eigenvalue weighted by Gasteiger charge is -2.06. The van der Waals surface area contributed by atoms with E-state index in [4.69, 9.17) is 4.52 Å². The molecular formula is C22H19BrN2O4S. The molecule has 0 aliphatic heterocycles. The minimum absolute atomic E-state index is 0.0761. The van der Waals surface area contributed by atoms with Crippen LogP contribution < -0.4 is 0 Å². The van der Waals surface area contributed by atoms with Crippen LogP contribution in [0.15, 0.2) is 74.7 Å². The highest BCUT2D eigenvalue weighted by Gasteiger charge is 2.25. The Hall–Kier alpha value is -2.71. The number of carbonyl (C=O) groups excluding carboxylic acids is 1. The summed E-state index contributed by atoms with van der Waals surface area (Å²) < 4.78 is 34.0. The quantitative estimate of drug-likeness (QED) is 0.388. The molecule has 0 bridgehead atoms. The first-order valence-electron chi connectivity index (χ1n) is 9.31. The van der Waals surface area contributed by atoms with Gasteiger partial charge in [0, 0.05) is 34.2 Å². The summed E-state index contributed by atoms with van der Waals surface area (Å²) in [5.41, 5.74) is 2.27. The van der Waals surface area contributed by atoms with E-state index < -0.39 is 21.4 Å². The summed E-state index contributed by atoms with van der Waals surface area (Å²) in [7, 11) is -3.82. The van der Waals surface area contributed by atoms with Crippen LogP contribution >= 0.6 is 15.9 Å². The monoisotopic (exact) mass is 486 g/mol. The Morgan fingerprint density at radius 1 is 1.13 bits per heavy atom. The Labute approximate surface area is 182 Å². The van der Waals surface area contributed by atoms with Crippen molar-refractivity contribution in [3.8, 4) is 0 Å². The van der Waals surface area contributed by atoms with E-state index in [-0.39, 0.29) is 11.3 Å². The van der Waals surface area contributed by atoms with E-state index in [2.05, 4.69) is 21.1 Å². The molecule has 0 fully saturated rings. The third kappa shape index (κ3) is 4.39. The zero-order valence-electron chi connectivity index (χ0n) is 16.2. The molecule has 0 spiro atoms. The Bertz CT molecular complexity index is 1340. The van der Waals surface area contributed by atoms with Crippen LogP contribution in [0.1, 0.15) is 17.0 Å². The van der Waals surface area contributed by atoms with E-state index in [1.807, 2.05) is 41.0 Å². The van der Waals surface area contributed by atoms with Gasteiger partial charge in [0.15, 0.2) is 15.6 Å². The van der Waals surface area contributed by atoms with Gasteiger partial charge < -0.3 is 9.09 Å². The standard InChI is InChI=1S/C22H19BrN2O4S/c1-15-9-18(24-29-15)11-19(26)14-30(27,28)22-13-25(21-8-3-2-7-20(21)22)12-16-5-4-6-17(23)10-16/h2-10,13H,11-12,14H2,1H3. The van der Waals surface area contributed by atoms with Crippen LogP contribution in [0.5, 0.6) is 0 Å². The van der Waals surface area contributed by atoms with Crippen molar-refractivity contribution in [1.82, 2.24) is 9.72 Å². The van der Waals surface area contributed by atoms with Crippen molar-refractivity contribution in [1.29, 1.82) is 0 Å². The minimum atomic E-state index is -3.82. The van der Waals surface area contributed by atoms with Crippen molar-refractivity contribution in [3.05, 3.63) is 82.3 Å². The molecule has 30 heavy (non-hydrogen) atoms. The zero-order valence-corrected chi connectivity index (χ0v) is 18.6. The first-order valence-corrected chi connectivity index (χ1v) is 11.8. The second-order valence-corrected chi connectivity index (χ2v) is 10.0. The summed E-state index contributed by atoms with van der Waals surface area (Å²) in [6, 6.07) is 16.8. The van der Waals surface area contributed by atoms with Crippen molar-refractivity contribution >= 4 is 42.5 Å². The van der Waals surface area contributed by atoms with Gasteiger partial charge in [-0.1, -0.05) is 51.4 Å². The highest BCUT2D eigenvalue weighted by atomic mass is 79.9. The summed E-state index contributed by atoms with van der Waals surface area (Å²) in [5.74, 6) is -0.424. The molecule has 0 aliphatic rings. The summed E-state index contributed by atoms with van der Waals surface area (Å²) in [4.78, 5) is 12.6. The lowest BCUT2D eigenvalue weighted by molar-refractivity contribution is -0.116. The zero-order chi connectivity index (χ0) is 21.3. The first kappa shape index (κ1) is 20.6. The second kappa shape index (κ2) is 8.20. The number of aromatic nitrogens is 2. The van der Waals surface area contributed by atoms with E-state index in [9.17, 15) is 13.2 Å². The average Bonchev–Trinajstić information content (AvgIpc) is 3.25. The molecule has 0 saturated carbocycles. The van der Waals surface area contributed by atoms with Crippen LogP contribution in [-0.2, 0) is 27.6 Å². The molecule has 4 aromatic rings. The molecule has 2 heterocycles. The van der Waals surface area contributed by atoms with Crippen molar-refractivity contribution in [3.63, 3.8) is 0 Å². The number of fused-ring (bicyclic) bond motifs is 1. The number of sulfone groups is 1. The third-order valence-corrected chi connectivity index (χ3v) is 6.93. The number of hydrogen-bond acceptors (Lipinski definition) is 5. The normalized spacial score (nSPS) is 11.8. The molecule has 0 radical (unpaired) electrons. The summed E-state index contributed by atoms with van der Waals surface area (Å²) in [5, 5.41) is 4.38. The smallest absolute Gasteiger partial charge is 0.187 e. The van der Waals surface area contributed by atoms with Gasteiger partial charge in [-0.05, 0) is 30.7 Å². The Balaban J connectivity index is 1.65. The summed E-state index contributed by atoms with van der Waals surface area (Å²) in [6.45, 7) is 2.24. The van der Waals surface area contributed by atoms with Crippen molar-refractivity contribution in [2.75, 3.05) is 5.75 Å². The van der Waals surface area contributed by atoms with E-state index in [0.29, 0.717) is 23.4 Å². The number of para-hydroxylation sites is 1. The number of nitrogens with zero attached hydrogens (tertiary/aromatic N) is 2. The predicted molar refractivity (Wildman–Crippen MR) is 117 cm³/mol. The fraction of sp³-hybridized carbons (Fsp3) is 0.182. The molecule has 8 heteroatoms. The first-order chi connectivity index (χ1) is 14.3. The van der Waals surface area contributed by atoms with Crippen LogP contribution in [0, 0.1) is 6.92 Å². The number of hydrogen-bond donors (Lipinski definition) is 0. The van der Waals surface area contributed by atoms with Gasteiger partial charge in [0.25, 0.3) is 0 Å². The number of carbonyl (C=O) groups is 1. The largest absolute Gasteiger partial charge is 0.361 e. The molecule has 0 N–H and O–H groups in total. The topological polar surface area (TPSA) is 82.2 Å². The maximum absolute atomic E-state index is 13.1. The fourth-order valence-electron chi connectivity index (χ4n) is 3.47. The second-order valence-electron chi connectivity index (χ2n) is 7.17. The van der Waals surface area contributed by atoms with Crippen molar-refractivity contribution in [2.45, 2.75) is 24.8 Å². The molecule has 154 valence electrons. The summed E-state index contributed by atoms with van der Waals surface area (Å²) >= 11 is 3.46. The molecule has 0 aliphatic carbocycles. The molecule has 0 saturated heterocycles. The van der Waals surface area contributed by atoms with Gasteiger partial charge >= 0.3 is 0 Å². The number of halogens is 1. The predicted octanol–water partition coefficient (Wildman–Crippen LogP) is 4.33. The molecule has 2 aromatic heterocycles. The average molecular weight is 487 g/mol. The Morgan fingerprint density at radius 3 is 2.67 bits per heavy atom. The highest BCUT2D eigenvalue weighted by Crippen LogP contribution is 2.27. The van der Waals surface area contributed by atoms with Crippen LogP contribution in [0.2, 0.25) is 0 Å². The third-order valence-electron chi connectivity index (χ3n) is 4.74. The highest BCUT2D eigenvalue weighted by molar-refractivity contribution is 9.10. The molecular weight excluding hydrogens is 468 g/mol. The molecule has 0 amide bonds. The summed E-state index contributed by atoms with van der Waals surface area (Å²) in [6.07, 6.45) is 1.54. The SMILES string of the molecule is Cc1cc(CC(=O)CS(=O)(=O)c2cn(Cc3cccc(Br)c3)c3ccccc23)no1. The van der Waals surface area contributed by atoms with Gasteiger partial charge in [-0.2, -0.15) is 0 Å². The van der Waals surface area contributed by atoms with Gasteiger partial charge in [-0.25, -0.2) is 8.42 Å². The van der Waals surface area contributed by atoms with E-state index in [0.717, 1.165) is 15.6 Å². The lowest BCUT2D eigenvalue weighted by atomic mass is 10.2. The maximum Gasteiger partial charge on any atom is 0.187 e. The van der Waals surface area contributed by atoms with E-state index in [1.54, 1.807) is 31.3 Å². The van der Waals surface area contributed by atoms with Crippen LogP contribution in [0.25, 0.3) is 10.9 Å². The maximum atomic E-state index is 13.1. The van der Waals surface area contributed by atoms with E-state index >= 15 is 0 Å². The lowest BCUT2D eigenvalue weighted by Crippen LogP contribution is -2.18. The molecule has 6 nitrogen and oxygen atoms in total. The Morgan fingerprint density at radius 2 is 1.93 bits per heavy atom. The minimum Gasteiger partial charge on any atom is -0.361 e. The van der Waals surface area contributed by atoms with Crippen LogP contribution in [0.3, 0.4) is 0 Å². The Kier molecular flexibility index (Phi) is 5.62. The van der Waals surface area contributed by atoms with Crippen molar-refractivity contribution < 1.29 is 17.7 Å². The number of ketones is 1. The van der Waals surface area contributed by atoms with Crippen LogP contribution in [-0.4, -0.2) is 29.7 Å². The van der Waals surface area contributed by atoms with Gasteiger partial charge in [-0.15, -0.1) is 0 Å². The molecule has 0 atom stereocenters.